The number of carbonyl (C=O) groups is 1. The molecule has 0 aliphatic rings. The molecule has 0 fully saturated rings. The second kappa shape index (κ2) is 10.2. The third-order valence-electron chi connectivity index (χ3n) is 4.59. The molecular formula is C22H26N4O3S. The van der Waals surface area contributed by atoms with Gasteiger partial charge in [-0.05, 0) is 37.1 Å². The Labute approximate surface area is 180 Å². The van der Waals surface area contributed by atoms with Gasteiger partial charge in [0.2, 0.25) is 5.91 Å². The molecule has 1 unspecified atom stereocenters. The van der Waals surface area contributed by atoms with Gasteiger partial charge >= 0.3 is 0 Å². The topological polar surface area (TPSA) is 78.3 Å². The Hall–Kier alpha value is -3.00. The summed E-state index contributed by atoms with van der Waals surface area (Å²) in [6.45, 7) is 3.97. The van der Waals surface area contributed by atoms with Crippen LogP contribution in [-0.2, 0) is 18.3 Å². The number of anilines is 1. The average Bonchev–Trinajstić information content (AvgIpc) is 3.13. The van der Waals surface area contributed by atoms with Crippen molar-refractivity contribution in [1.82, 2.24) is 14.8 Å². The summed E-state index contributed by atoms with van der Waals surface area (Å²) in [5.74, 6) is 2.26. The van der Waals surface area contributed by atoms with Crippen LogP contribution in [0.1, 0.15) is 31.3 Å². The van der Waals surface area contributed by atoms with Crippen LogP contribution < -0.4 is 14.8 Å². The van der Waals surface area contributed by atoms with E-state index in [1.807, 2.05) is 67.1 Å². The van der Waals surface area contributed by atoms with Crippen LogP contribution in [0.25, 0.3) is 0 Å². The van der Waals surface area contributed by atoms with Gasteiger partial charge in [-0.25, -0.2) is 0 Å². The highest BCUT2D eigenvalue weighted by molar-refractivity contribution is 7.99. The van der Waals surface area contributed by atoms with Gasteiger partial charge in [-0.3, -0.25) is 4.79 Å². The maximum Gasteiger partial charge on any atom is 0.234 e. The molecule has 0 saturated carbocycles. The smallest absolute Gasteiger partial charge is 0.234 e. The Kier molecular flexibility index (Phi) is 7.35. The number of hydrogen-bond acceptors (Lipinski definition) is 6. The van der Waals surface area contributed by atoms with Crippen molar-refractivity contribution in [3.05, 3.63) is 59.9 Å². The highest BCUT2D eigenvalue weighted by Crippen LogP contribution is 2.26. The normalized spacial score (nSPS) is 11.7. The third-order valence-corrected chi connectivity index (χ3v) is 5.61. The minimum atomic E-state index is -0.311. The zero-order valence-corrected chi connectivity index (χ0v) is 18.4. The molecule has 0 saturated heterocycles. The lowest BCUT2D eigenvalue weighted by molar-refractivity contribution is -0.113. The van der Waals surface area contributed by atoms with E-state index in [4.69, 9.17) is 9.47 Å². The zero-order chi connectivity index (χ0) is 21.5. The minimum absolute atomic E-state index is 0.0777. The Bertz CT molecular complexity index is 1010. The third kappa shape index (κ3) is 5.33. The van der Waals surface area contributed by atoms with Crippen LogP contribution >= 0.6 is 11.8 Å². The number of para-hydroxylation sites is 1. The van der Waals surface area contributed by atoms with Crippen molar-refractivity contribution in [1.29, 1.82) is 0 Å². The molecule has 30 heavy (non-hydrogen) atoms. The average molecular weight is 427 g/mol. The van der Waals surface area contributed by atoms with Gasteiger partial charge < -0.3 is 19.4 Å². The van der Waals surface area contributed by atoms with Crippen molar-refractivity contribution in [2.75, 3.05) is 18.2 Å². The summed E-state index contributed by atoms with van der Waals surface area (Å²) in [6.07, 6.45) is 0.552. The molecule has 3 aromatic rings. The molecule has 1 atom stereocenters. The van der Waals surface area contributed by atoms with Crippen LogP contribution in [0.3, 0.4) is 0 Å². The highest BCUT2D eigenvalue weighted by atomic mass is 32.2. The van der Waals surface area contributed by atoms with Crippen LogP contribution in [-0.4, -0.2) is 33.5 Å². The molecule has 158 valence electrons. The first-order chi connectivity index (χ1) is 14.5. The lowest BCUT2D eigenvalue weighted by Crippen LogP contribution is -2.16. The van der Waals surface area contributed by atoms with Crippen molar-refractivity contribution in [2.45, 2.75) is 31.5 Å². The van der Waals surface area contributed by atoms with E-state index in [2.05, 4.69) is 22.4 Å². The number of carbonyl (C=O) groups excluding carboxylic acids is 1. The van der Waals surface area contributed by atoms with Crippen molar-refractivity contribution in [3.8, 4) is 11.5 Å². The van der Waals surface area contributed by atoms with Crippen LogP contribution in [0.5, 0.6) is 11.5 Å². The fourth-order valence-corrected chi connectivity index (χ4v) is 3.72. The molecule has 1 amide bonds. The monoisotopic (exact) mass is 426 g/mol. The van der Waals surface area contributed by atoms with E-state index in [9.17, 15) is 4.79 Å². The van der Waals surface area contributed by atoms with Gasteiger partial charge in [-0.2, -0.15) is 0 Å². The van der Waals surface area contributed by atoms with Crippen molar-refractivity contribution < 1.29 is 14.3 Å². The number of nitrogens with zero attached hydrogens (tertiary/aromatic N) is 3. The summed E-state index contributed by atoms with van der Waals surface area (Å²) in [7, 11) is 3.49. The summed E-state index contributed by atoms with van der Waals surface area (Å²) in [6, 6.07) is 15.2. The number of ether oxygens (including phenoxy) is 2. The molecule has 1 N–H and O–H groups in total. The van der Waals surface area contributed by atoms with E-state index in [0.717, 1.165) is 23.4 Å². The first kappa shape index (κ1) is 21.7. The summed E-state index contributed by atoms with van der Waals surface area (Å²) in [4.78, 5) is 12.4. The predicted molar refractivity (Wildman–Crippen MR) is 118 cm³/mol. The van der Waals surface area contributed by atoms with Gasteiger partial charge in [0.15, 0.2) is 17.1 Å². The fraction of sp³-hybridized carbons (Fsp3) is 0.318. The summed E-state index contributed by atoms with van der Waals surface area (Å²) in [5.41, 5.74) is 1.96. The van der Waals surface area contributed by atoms with E-state index in [1.54, 1.807) is 7.11 Å². The van der Waals surface area contributed by atoms with Crippen molar-refractivity contribution in [2.24, 2.45) is 7.05 Å². The first-order valence-corrected chi connectivity index (χ1v) is 10.7. The van der Waals surface area contributed by atoms with Gasteiger partial charge in [-0.15, -0.1) is 10.2 Å². The Morgan fingerprint density at radius 1 is 1.17 bits per heavy atom. The molecule has 0 spiro atoms. The number of benzene rings is 2. The number of hydrogen-bond donors (Lipinski definition) is 1. The predicted octanol–water partition coefficient (Wildman–Crippen LogP) is 4.26. The maximum atomic E-state index is 12.4. The van der Waals surface area contributed by atoms with Gasteiger partial charge in [-0.1, -0.05) is 43.0 Å². The van der Waals surface area contributed by atoms with Crippen LogP contribution in [0.2, 0.25) is 0 Å². The fourth-order valence-electron chi connectivity index (χ4n) is 3.00. The maximum absolute atomic E-state index is 12.4. The number of amides is 1. The van der Waals surface area contributed by atoms with E-state index in [1.165, 1.54) is 11.8 Å². The first-order valence-electron chi connectivity index (χ1n) is 9.72. The second-order valence-corrected chi connectivity index (χ2v) is 7.63. The van der Waals surface area contributed by atoms with Gasteiger partial charge in [0.25, 0.3) is 0 Å². The molecular weight excluding hydrogens is 400 g/mol. The minimum Gasteiger partial charge on any atom is -0.497 e. The van der Waals surface area contributed by atoms with Crippen molar-refractivity contribution >= 4 is 23.4 Å². The molecule has 3 rings (SSSR count). The molecule has 7 nitrogen and oxygen atoms in total. The number of methoxy groups -OCH3 is 1. The Morgan fingerprint density at radius 3 is 2.70 bits per heavy atom. The molecule has 1 heterocycles. The zero-order valence-electron chi connectivity index (χ0n) is 17.6. The largest absolute Gasteiger partial charge is 0.497 e. The van der Waals surface area contributed by atoms with Gasteiger partial charge in [0.05, 0.1) is 12.9 Å². The molecule has 1 aromatic heterocycles. The molecule has 8 heteroatoms. The number of rotatable bonds is 9. The second-order valence-electron chi connectivity index (χ2n) is 6.69. The van der Waals surface area contributed by atoms with Gasteiger partial charge in [0, 0.05) is 18.8 Å². The molecule has 2 aromatic carbocycles. The molecule has 0 radical (unpaired) electrons. The number of nitrogens with one attached hydrogen (secondary N) is 1. The van der Waals surface area contributed by atoms with Crippen LogP contribution in [0.4, 0.5) is 5.69 Å². The summed E-state index contributed by atoms with van der Waals surface area (Å²) < 4.78 is 13.1. The lowest BCUT2D eigenvalue weighted by Gasteiger charge is -2.15. The summed E-state index contributed by atoms with van der Waals surface area (Å²) in [5, 5.41) is 12.1. The van der Waals surface area contributed by atoms with Crippen molar-refractivity contribution in [3.63, 3.8) is 0 Å². The van der Waals surface area contributed by atoms with E-state index >= 15 is 0 Å². The highest BCUT2D eigenvalue weighted by Gasteiger charge is 2.18. The summed E-state index contributed by atoms with van der Waals surface area (Å²) >= 11 is 1.34. The molecule has 0 aliphatic carbocycles. The standard InChI is InChI=1S/C22H26N4O3S/c1-5-16-9-6-7-12-19(16)23-20(27)14-30-22-25-24-21(26(22)3)15(2)29-18-11-8-10-17(13-18)28-4/h6-13,15H,5,14H2,1-4H3,(H,23,27). The molecule has 0 aliphatic heterocycles. The quantitative estimate of drug-likeness (QED) is 0.515. The van der Waals surface area contributed by atoms with Gasteiger partial charge in [0.1, 0.15) is 11.5 Å². The van der Waals surface area contributed by atoms with E-state index in [-0.39, 0.29) is 17.8 Å². The Morgan fingerprint density at radius 2 is 1.93 bits per heavy atom. The van der Waals surface area contributed by atoms with Crippen LogP contribution in [0.15, 0.2) is 53.7 Å². The number of aromatic nitrogens is 3. The van der Waals surface area contributed by atoms with E-state index < -0.39 is 0 Å². The number of thioether (sulfide) groups is 1. The Balaban J connectivity index is 1.60. The lowest BCUT2D eigenvalue weighted by atomic mass is 10.1. The number of aryl methyl sites for hydroxylation is 1. The SMILES string of the molecule is CCc1ccccc1NC(=O)CSc1nnc(C(C)Oc2cccc(OC)c2)n1C. The molecule has 0 bridgehead atoms. The van der Waals surface area contributed by atoms with E-state index in [0.29, 0.717) is 16.7 Å². The van der Waals surface area contributed by atoms with Crippen LogP contribution in [0, 0.1) is 0 Å².